The average molecular weight is 527 g/mol. The standard InChI is InChI=1S/C29H60O4S.Na/c1-2-3-4-5-6-7-8-9-10-11-12-13-14-15-16-17-18-19-20-21-22-23-24-25-26-29(30)27-28-34(31,32)33;/h29-30H,2-28H2,1H3,(H,31,32,33);/q;+1/p-1. The summed E-state index contributed by atoms with van der Waals surface area (Å²) in [6.07, 6.45) is 32.8. The van der Waals surface area contributed by atoms with E-state index in [0.29, 0.717) is 6.42 Å². The largest absolute Gasteiger partial charge is 1.00 e. The average Bonchev–Trinajstić information content (AvgIpc) is 2.80. The van der Waals surface area contributed by atoms with Crippen LogP contribution in [0, 0.1) is 0 Å². The van der Waals surface area contributed by atoms with Gasteiger partial charge in [-0.1, -0.05) is 161 Å². The van der Waals surface area contributed by atoms with Gasteiger partial charge in [-0.2, -0.15) is 0 Å². The van der Waals surface area contributed by atoms with Crippen LogP contribution in [0.5, 0.6) is 0 Å². The van der Waals surface area contributed by atoms with Crippen molar-refractivity contribution in [1.29, 1.82) is 0 Å². The van der Waals surface area contributed by atoms with Crippen LogP contribution in [0.4, 0.5) is 0 Å². The molecule has 1 unspecified atom stereocenters. The van der Waals surface area contributed by atoms with Crippen molar-refractivity contribution < 1.29 is 47.6 Å². The Kier molecular flexibility index (Phi) is 32.0. The molecule has 0 heterocycles. The van der Waals surface area contributed by atoms with Crippen LogP contribution in [0.1, 0.15) is 174 Å². The van der Waals surface area contributed by atoms with Crippen LogP contribution < -0.4 is 29.6 Å². The second-order valence-electron chi connectivity index (χ2n) is 10.6. The Hall–Kier alpha value is 0.870. The smallest absolute Gasteiger partial charge is 0.748 e. The Morgan fingerprint density at radius 3 is 1.03 bits per heavy atom. The Labute approximate surface area is 242 Å². The summed E-state index contributed by atoms with van der Waals surface area (Å²) in [4.78, 5) is 0. The van der Waals surface area contributed by atoms with Gasteiger partial charge in [-0.05, 0) is 12.8 Å². The zero-order chi connectivity index (χ0) is 25.2. The molecule has 0 aromatic heterocycles. The van der Waals surface area contributed by atoms with E-state index in [4.69, 9.17) is 0 Å². The second kappa shape index (κ2) is 29.4. The van der Waals surface area contributed by atoms with Gasteiger partial charge in [0.1, 0.15) is 0 Å². The molecule has 206 valence electrons. The third-order valence-corrected chi connectivity index (χ3v) is 7.83. The molecule has 0 bridgehead atoms. The Morgan fingerprint density at radius 1 is 0.514 bits per heavy atom. The third-order valence-electron chi connectivity index (χ3n) is 7.09. The van der Waals surface area contributed by atoms with Crippen LogP contribution in [0.3, 0.4) is 0 Å². The number of aliphatic hydroxyl groups excluding tert-OH is 1. The van der Waals surface area contributed by atoms with Gasteiger partial charge in [0.2, 0.25) is 0 Å². The molecule has 6 heteroatoms. The van der Waals surface area contributed by atoms with Crippen molar-refractivity contribution in [2.75, 3.05) is 5.75 Å². The predicted molar refractivity (Wildman–Crippen MR) is 146 cm³/mol. The molecule has 0 fully saturated rings. The van der Waals surface area contributed by atoms with Gasteiger partial charge < -0.3 is 9.66 Å². The van der Waals surface area contributed by atoms with Gasteiger partial charge in [0.15, 0.2) is 0 Å². The summed E-state index contributed by atoms with van der Waals surface area (Å²) >= 11 is 0. The summed E-state index contributed by atoms with van der Waals surface area (Å²) in [5.41, 5.74) is 0. The van der Waals surface area contributed by atoms with E-state index in [1.165, 1.54) is 141 Å². The molecule has 0 aliphatic heterocycles. The molecule has 0 amide bonds. The van der Waals surface area contributed by atoms with Crippen molar-refractivity contribution in [3.8, 4) is 0 Å². The summed E-state index contributed by atoms with van der Waals surface area (Å²) in [6.45, 7) is 2.29. The van der Waals surface area contributed by atoms with Gasteiger partial charge in [0.05, 0.1) is 16.2 Å². The van der Waals surface area contributed by atoms with E-state index < -0.39 is 22.0 Å². The van der Waals surface area contributed by atoms with Gasteiger partial charge in [0, 0.05) is 5.75 Å². The maximum Gasteiger partial charge on any atom is 1.00 e. The molecule has 1 atom stereocenters. The topological polar surface area (TPSA) is 77.4 Å². The first kappa shape index (κ1) is 38.0. The fourth-order valence-corrected chi connectivity index (χ4v) is 5.33. The van der Waals surface area contributed by atoms with Crippen molar-refractivity contribution in [2.45, 2.75) is 180 Å². The van der Waals surface area contributed by atoms with Gasteiger partial charge in [0.25, 0.3) is 0 Å². The second-order valence-corrected chi connectivity index (χ2v) is 12.1. The van der Waals surface area contributed by atoms with E-state index >= 15 is 0 Å². The maximum atomic E-state index is 10.6. The van der Waals surface area contributed by atoms with Crippen LogP contribution in [-0.2, 0) is 10.1 Å². The SMILES string of the molecule is CCCCCCCCCCCCCCCCCCCCCCCCCCC(O)CCS(=O)(=O)[O-].[Na+]. The zero-order valence-corrected chi connectivity index (χ0v) is 26.6. The minimum absolute atomic E-state index is 0. The summed E-state index contributed by atoms with van der Waals surface area (Å²) < 4.78 is 31.7. The minimum Gasteiger partial charge on any atom is -0.748 e. The van der Waals surface area contributed by atoms with E-state index in [2.05, 4.69) is 6.92 Å². The number of aliphatic hydroxyl groups is 1. The molecule has 0 radical (unpaired) electrons. The first-order chi connectivity index (χ1) is 16.5. The molecule has 35 heavy (non-hydrogen) atoms. The van der Waals surface area contributed by atoms with E-state index in [1.54, 1.807) is 0 Å². The summed E-state index contributed by atoms with van der Waals surface area (Å²) in [5.74, 6) is -0.451. The van der Waals surface area contributed by atoms with E-state index in [9.17, 15) is 18.1 Å². The Bertz CT molecular complexity index is 499. The fourth-order valence-electron chi connectivity index (χ4n) is 4.77. The van der Waals surface area contributed by atoms with Crippen molar-refractivity contribution in [3.05, 3.63) is 0 Å². The van der Waals surface area contributed by atoms with Crippen molar-refractivity contribution >= 4 is 10.1 Å². The molecule has 0 saturated heterocycles. The number of hydrogen-bond donors (Lipinski definition) is 1. The fraction of sp³-hybridized carbons (Fsp3) is 1.00. The van der Waals surface area contributed by atoms with Crippen LogP contribution in [0.2, 0.25) is 0 Å². The summed E-state index contributed by atoms with van der Waals surface area (Å²) in [6, 6.07) is 0. The molecule has 1 N–H and O–H groups in total. The maximum absolute atomic E-state index is 10.6. The predicted octanol–water partition coefficient (Wildman–Crippen LogP) is 6.06. The first-order valence-electron chi connectivity index (χ1n) is 15.1. The van der Waals surface area contributed by atoms with Gasteiger partial charge >= 0.3 is 29.6 Å². The van der Waals surface area contributed by atoms with E-state index in [0.717, 1.165) is 12.8 Å². The molecule has 0 spiro atoms. The van der Waals surface area contributed by atoms with Crippen LogP contribution >= 0.6 is 0 Å². The Morgan fingerprint density at radius 2 is 0.771 bits per heavy atom. The normalized spacial score (nSPS) is 12.5. The molecular formula is C29H59NaO4S. The van der Waals surface area contributed by atoms with Crippen molar-refractivity contribution in [1.82, 2.24) is 0 Å². The number of unbranched alkanes of at least 4 members (excludes halogenated alkanes) is 23. The minimum atomic E-state index is -4.20. The van der Waals surface area contributed by atoms with Crippen LogP contribution in [0.25, 0.3) is 0 Å². The molecular weight excluding hydrogens is 467 g/mol. The van der Waals surface area contributed by atoms with Crippen molar-refractivity contribution in [3.63, 3.8) is 0 Å². The van der Waals surface area contributed by atoms with Crippen molar-refractivity contribution in [2.24, 2.45) is 0 Å². The summed E-state index contributed by atoms with van der Waals surface area (Å²) in [5, 5.41) is 9.69. The van der Waals surface area contributed by atoms with Gasteiger partial charge in [-0.25, -0.2) is 8.42 Å². The molecule has 0 aromatic rings. The molecule has 0 aromatic carbocycles. The van der Waals surface area contributed by atoms with Crippen LogP contribution in [-0.4, -0.2) is 29.9 Å². The quantitative estimate of drug-likeness (QED) is 0.0764. The zero-order valence-electron chi connectivity index (χ0n) is 23.7. The number of rotatable bonds is 28. The van der Waals surface area contributed by atoms with Gasteiger partial charge in [-0.15, -0.1) is 0 Å². The van der Waals surface area contributed by atoms with Gasteiger partial charge in [-0.3, -0.25) is 0 Å². The molecule has 0 saturated carbocycles. The Balaban J connectivity index is 0. The van der Waals surface area contributed by atoms with Crippen LogP contribution in [0.15, 0.2) is 0 Å². The monoisotopic (exact) mass is 526 g/mol. The van der Waals surface area contributed by atoms with E-state index in [1.807, 2.05) is 0 Å². The number of hydrogen-bond acceptors (Lipinski definition) is 4. The summed E-state index contributed by atoms with van der Waals surface area (Å²) in [7, 11) is -4.20. The molecule has 4 nitrogen and oxygen atoms in total. The molecule has 0 aliphatic rings. The first-order valence-corrected chi connectivity index (χ1v) is 16.6. The van der Waals surface area contributed by atoms with E-state index in [-0.39, 0.29) is 36.0 Å². The molecule has 0 rings (SSSR count). The third kappa shape index (κ3) is 34.9. The molecule has 0 aliphatic carbocycles.